The van der Waals surface area contributed by atoms with Crippen molar-refractivity contribution in [1.29, 1.82) is 0 Å². The number of carbonyl (C=O) groups excluding carboxylic acids is 1. The van der Waals surface area contributed by atoms with Gasteiger partial charge in [0.25, 0.3) is 0 Å². The fourth-order valence-electron chi connectivity index (χ4n) is 1.74. The van der Waals surface area contributed by atoms with Crippen LogP contribution in [0, 0.1) is 0 Å². The molecule has 0 fully saturated rings. The van der Waals surface area contributed by atoms with Crippen LogP contribution in [0.2, 0.25) is 0 Å². The smallest absolute Gasteiger partial charge is 0.241 e. The molecule has 1 atom stereocenters. The van der Waals surface area contributed by atoms with Crippen molar-refractivity contribution in [3.63, 3.8) is 0 Å². The molecule has 0 heterocycles. The van der Waals surface area contributed by atoms with Gasteiger partial charge >= 0.3 is 0 Å². The highest BCUT2D eigenvalue weighted by atomic mass is 16.2. The van der Waals surface area contributed by atoms with Gasteiger partial charge in [-0.15, -0.1) is 0 Å². The van der Waals surface area contributed by atoms with Crippen LogP contribution in [0.1, 0.15) is 39.5 Å². The Morgan fingerprint density at radius 2 is 1.89 bits per heavy atom. The lowest BCUT2D eigenvalue weighted by molar-refractivity contribution is -0.117. The van der Waals surface area contributed by atoms with Gasteiger partial charge in [0.15, 0.2) is 0 Å². The third kappa shape index (κ3) is 5.82. The molecule has 0 aliphatic carbocycles. The predicted molar refractivity (Wildman–Crippen MR) is 76.7 cm³/mol. The Balaban J connectivity index is 2.21. The van der Waals surface area contributed by atoms with E-state index in [1.807, 2.05) is 37.3 Å². The van der Waals surface area contributed by atoms with E-state index in [9.17, 15) is 4.79 Å². The van der Waals surface area contributed by atoms with Crippen molar-refractivity contribution < 1.29 is 4.79 Å². The first-order valence-corrected chi connectivity index (χ1v) is 6.83. The van der Waals surface area contributed by atoms with E-state index in [-0.39, 0.29) is 11.9 Å². The maximum Gasteiger partial charge on any atom is 0.241 e. The molecule has 0 aromatic heterocycles. The van der Waals surface area contributed by atoms with Crippen LogP contribution in [-0.2, 0) is 4.79 Å². The Bertz CT molecular complexity index is 338. The zero-order valence-electron chi connectivity index (χ0n) is 11.4. The third-order valence-electron chi connectivity index (χ3n) is 2.92. The second-order valence-corrected chi connectivity index (χ2v) is 4.59. The molecule has 0 saturated heterocycles. The molecule has 0 radical (unpaired) electrons. The van der Waals surface area contributed by atoms with Gasteiger partial charge in [0.05, 0.1) is 6.04 Å². The number of hydrogen-bond acceptors (Lipinski definition) is 2. The molecule has 100 valence electrons. The van der Waals surface area contributed by atoms with Gasteiger partial charge in [-0.05, 0) is 32.0 Å². The number of nitrogens with one attached hydrogen (secondary N) is 2. The summed E-state index contributed by atoms with van der Waals surface area (Å²) in [5, 5.41) is 6.14. The number of hydrogen-bond donors (Lipinski definition) is 2. The van der Waals surface area contributed by atoms with E-state index >= 15 is 0 Å². The highest BCUT2D eigenvalue weighted by molar-refractivity contribution is 5.94. The van der Waals surface area contributed by atoms with Gasteiger partial charge in [0.1, 0.15) is 0 Å². The second-order valence-electron chi connectivity index (χ2n) is 4.59. The molecule has 0 aliphatic rings. The molecule has 1 amide bonds. The fourth-order valence-corrected chi connectivity index (χ4v) is 1.74. The minimum atomic E-state index is -0.146. The van der Waals surface area contributed by atoms with Crippen molar-refractivity contribution >= 4 is 11.6 Å². The van der Waals surface area contributed by atoms with E-state index in [0.29, 0.717) is 0 Å². The molecule has 1 unspecified atom stereocenters. The summed E-state index contributed by atoms with van der Waals surface area (Å²) in [5.74, 6) is 0.0247. The van der Waals surface area contributed by atoms with E-state index < -0.39 is 0 Å². The summed E-state index contributed by atoms with van der Waals surface area (Å²) in [5.41, 5.74) is 0.849. The summed E-state index contributed by atoms with van der Waals surface area (Å²) in [6.07, 6.45) is 4.88. The molecule has 0 spiro atoms. The Hall–Kier alpha value is -1.35. The van der Waals surface area contributed by atoms with Crippen LogP contribution in [-0.4, -0.2) is 18.5 Å². The summed E-state index contributed by atoms with van der Waals surface area (Å²) in [7, 11) is 0. The maximum atomic E-state index is 11.9. The maximum absolute atomic E-state index is 11.9. The highest BCUT2D eigenvalue weighted by Gasteiger charge is 2.11. The van der Waals surface area contributed by atoms with Gasteiger partial charge < -0.3 is 10.6 Å². The lowest BCUT2D eigenvalue weighted by Gasteiger charge is -2.13. The predicted octanol–water partition coefficient (Wildman–Crippen LogP) is 3.18. The van der Waals surface area contributed by atoms with Crippen LogP contribution in [0.25, 0.3) is 0 Å². The van der Waals surface area contributed by atoms with Crippen molar-refractivity contribution in [3.8, 4) is 0 Å². The molecule has 0 aliphatic heterocycles. The number of carbonyl (C=O) groups is 1. The average molecular weight is 248 g/mol. The van der Waals surface area contributed by atoms with Gasteiger partial charge in [0.2, 0.25) is 5.91 Å². The van der Waals surface area contributed by atoms with Crippen LogP contribution in [0.3, 0.4) is 0 Å². The highest BCUT2D eigenvalue weighted by Crippen LogP contribution is 2.05. The van der Waals surface area contributed by atoms with Crippen molar-refractivity contribution in [1.82, 2.24) is 5.32 Å². The first kappa shape index (κ1) is 14.7. The van der Waals surface area contributed by atoms with E-state index in [4.69, 9.17) is 0 Å². The second kappa shape index (κ2) is 8.70. The molecular weight excluding hydrogens is 224 g/mol. The number of benzene rings is 1. The lowest BCUT2D eigenvalue weighted by Crippen LogP contribution is -2.38. The SMILES string of the molecule is CCCCCCNC(C)C(=O)Nc1ccccc1. The first-order chi connectivity index (χ1) is 8.74. The lowest BCUT2D eigenvalue weighted by atomic mass is 10.2. The molecule has 3 nitrogen and oxygen atoms in total. The van der Waals surface area contributed by atoms with Crippen molar-refractivity contribution in [2.45, 2.75) is 45.6 Å². The van der Waals surface area contributed by atoms with Gasteiger partial charge in [0, 0.05) is 5.69 Å². The van der Waals surface area contributed by atoms with Crippen LogP contribution in [0.15, 0.2) is 30.3 Å². The van der Waals surface area contributed by atoms with Gasteiger partial charge in [-0.3, -0.25) is 4.79 Å². The Morgan fingerprint density at radius 1 is 1.17 bits per heavy atom. The first-order valence-electron chi connectivity index (χ1n) is 6.83. The molecule has 0 saturated carbocycles. The Kier molecular flexibility index (Phi) is 7.11. The van der Waals surface area contributed by atoms with Crippen molar-refractivity contribution in [2.24, 2.45) is 0 Å². The summed E-state index contributed by atoms with van der Waals surface area (Å²) >= 11 is 0. The van der Waals surface area contributed by atoms with E-state index in [0.717, 1.165) is 18.7 Å². The van der Waals surface area contributed by atoms with Crippen molar-refractivity contribution in [3.05, 3.63) is 30.3 Å². The van der Waals surface area contributed by atoms with Crippen LogP contribution >= 0.6 is 0 Å². The summed E-state index contributed by atoms with van der Waals surface area (Å²) in [4.78, 5) is 11.9. The fraction of sp³-hybridized carbons (Fsp3) is 0.533. The quantitative estimate of drug-likeness (QED) is 0.694. The number of unbranched alkanes of at least 4 members (excludes halogenated alkanes) is 3. The minimum absolute atomic E-state index is 0.0247. The Morgan fingerprint density at radius 3 is 2.56 bits per heavy atom. The molecule has 1 rings (SSSR count). The van der Waals surface area contributed by atoms with Gasteiger partial charge in [-0.2, -0.15) is 0 Å². The molecule has 0 bridgehead atoms. The summed E-state index contributed by atoms with van der Waals surface area (Å²) < 4.78 is 0. The normalized spacial score (nSPS) is 12.1. The summed E-state index contributed by atoms with van der Waals surface area (Å²) in [6.45, 7) is 5.00. The third-order valence-corrected chi connectivity index (χ3v) is 2.92. The summed E-state index contributed by atoms with van der Waals surface area (Å²) in [6, 6.07) is 9.41. The van der Waals surface area contributed by atoms with E-state index in [2.05, 4.69) is 17.6 Å². The van der Waals surface area contributed by atoms with Gasteiger partial charge in [-0.25, -0.2) is 0 Å². The molecule has 3 heteroatoms. The topological polar surface area (TPSA) is 41.1 Å². The number of rotatable bonds is 8. The van der Waals surface area contributed by atoms with E-state index in [1.165, 1.54) is 19.3 Å². The zero-order chi connectivity index (χ0) is 13.2. The standard InChI is InChI=1S/C15H24N2O/c1-3-4-5-9-12-16-13(2)15(18)17-14-10-7-6-8-11-14/h6-8,10-11,13,16H,3-5,9,12H2,1-2H3,(H,17,18). The number of amides is 1. The molecule has 18 heavy (non-hydrogen) atoms. The van der Waals surface area contributed by atoms with Gasteiger partial charge in [-0.1, -0.05) is 44.4 Å². The molecule has 1 aromatic carbocycles. The minimum Gasteiger partial charge on any atom is -0.325 e. The zero-order valence-corrected chi connectivity index (χ0v) is 11.4. The molecule has 1 aromatic rings. The van der Waals surface area contributed by atoms with Crippen LogP contribution in [0.5, 0.6) is 0 Å². The van der Waals surface area contributed by atoms with E-state index in [1.54, 1.807) is 0 Å². The average Bonchev–Trinajstić information content (AvgIpc) is 2.39. The van der Waals surface area contributed by atoms with Crippen LogP contribution < -0.4 is 10.6 Å². The van der Waals surface area contributed by atoms with Crippen LogP contribution in [0.4, 0.5) is 5.69 Å². The number of para-hydroxylation sites is 1. The van der Waals surface area contributed by atoms with Crippen molar-refractivity contribution in [2.75, 3.05) is 11.9 Å². The Labute approximate surface area is 110 Å². The number of anilines is 1. The largest absolute Gasteiger partial charge is 0.325 e. The monoisotopic (exact) mass is 248 g/mol. The molecule has 2 N–H and O–H groups in total. The molecular formula is C15H24N2O.